The fourth-order valence-electron chi connectivity index (χ4n) is 1.65. The van der Waals surface area contributed by atoms with Crippen LogP contribution in [0.4, 0.5) is 0 Å². The Morgan fingerprint density at radius 2 is 1.88 bits per heavy atom. The minimum atomic E-state index is -3.43. The van der Waals surface area contributed by atoms with Crippen LogP contribution in [0.3, 0.4) is 0 Å². The van der Waals surface area contributed by atoms with Crippen molar-refractivity contribution >= 4 is 10.0 Å². The molecule has 1 unspecified atom stereocenters. The maximum atomic E-state index is 12.2. The quantitative estimate of drug-likeness (QED) is 0.874. The Kier molecular flexibility index (Phi) is 4.68. The van der Waals surface area contributed by atoms with Gasteiger partial charge in [0.2, 0.25) is 10.0 Å². The molecule has 0 aromatic heterocycles. The molecule has 1 aromatic carbocycles. The van der Waals surface area contributed by atoms with Crippen molar-refractivity contribution in [3.63, 3.8) is 0 Å². The summed E-state index contributed by atoms with van der Waals surface area (Å²) in [5, 5.41) is 9.46. The fourth-order valence-corrected chi connectivity index (χ4v) is 3.16. The van der Waals surface area contributed by atoms with Crippen molar-refractivity contribution in [3.8, 4) is 0 Å². The monoisotopic (exact) mass is 257 g/mol. The molecular formula is C12H19NO3S. The molecule has 1 N–H and O–H groups in total. The molecule has 1 rings (SSSR count). The number of hydrogen-bond acceptors (Lipinski definition) is 3. The van der Waals surface area contributed by atoms with Crippen LogP contribution in [0.25, 0.3) is 0 Å². The van der Waals surface area contributed by atoms with Gasteiger partial charge in [0.15, 0.2) is 0 Å². The van der Waals surface area contributed by atoms with Gasteiger partial charge < -0.3 is 5.11 Å². The molecule has 0 bridgehead atoms. The average molecular weight is 257 g/mol. The summed E-state index contributed by atoms with van der Waals surface area (Å²) in [6.07, 6.45) is -0.665. The minimum absolute atomic E-state index is 0.236. The third-order valence-electron chi connectivity index (χ3n) is 2.68. The molecule has 96 valence electrons. The predicted octanol–water partition coefficient (Wildman–Crippen LogP) is 1.77. The topological polar surface area (TPSA) is 57.6 Å². The highest BCUT2D eigenvalue weighted by Gasteiger charge is 2.21. The number of sulfonamides is 1. The van der Waals surface area contributed by atoms with Gasteiger partial charge in [0.25, 0.3) is 0 Å². The Morgan fingerprint density at radius 1 is 1.29 bits per heavy atom. The molecule has 1 aromatic rings. The summed E-state index contributed by atoms with van der Waals surface area (Å²) in [6, 6.07) is 6.45. The number of rotatable bonds is 5. The van der Waals surface area contributed by atoms with Crippen LogP contribution in [0, 0.1) is 0 Å². The Morgan fingerprint density at radius 3 is 2.35 bits per heavy atom. The molecule has 0 saturated carbocycles. The summed E-state index contributed by atoms with van der Waals surface area (Å²) in [4.78, 5) is 0.236. The molecule has 4 nitrogen and oxygen atoms in total. The van der Waals surface area contributed by atoms with Crippen LogP contribution in [-0.2, 0) is 10.0 Å². The average Bonchev–Trinajstić information content (AvgIpc) is 2.30. The molecule has 0 saturated heterocycles. The van der Waals surface area contributed by atoms with Crippen molar-refractivity contribution in [1.29, 1.82) is 0 Å². The zero-order chi connectivity index (χ0) is 13.1. The highest BCUT2D eigenvalue weighted by atomic mass is 32.2. The number of nitrogens with zero attached hydrogens (tertiary/aromatic N) is 1. The Bertz CT molecular complexity index is 464. The van der Waals surface area contributed by atoms with E-state index in [2.05, 4.69) is 0 Å². The van der Waals surface area contributed by atoms with Crippen LogP contribution in [0.5, 0.6) is 0 Å². The molecule has 5 heteroatoms. The van der Waals surface area contributed by atoms with Gasteiger partial charge >= 0.3 is 0 Å². The van der Waals surface area contributed by atoms with E-state index in [0.29, 0.717) is 18.7 Å². The first-order chi connectivity index (χ1) is 7.93. The second-order valence-electron chi connectivity index (χ2n) is 3.84. The molecule has 0 heterocycles. The van der Waals surface area contributed by atoms with Crippen molar-refractivity contribution in [2.24, 2.45) is 0 Å². The maximum absolute atomic E-state index is 12.2. The van der Waals surface area contributed by atoms with Crippen LogP contribution in [0.2, 0.25) is 0 Å². The lowest BCUT2D eigenvalue weighted by Crippen LogP contribution is -2.30. The zero-order valence-corrected chi connectivity index (χ0v) is 11.2. The lowest BCUT2D eigenvalue weighted by Gasteiger charge is -2.19. The number of hydrogen-bond donors (Lipinski definition) is 1. The third-order valence-corrected chi connectivity index (χ3v) is 4.73. The minimum Gasteiger partial charge on any atom is -0.389 e. The van der Waals surface area contributed by atoms with Crippen LogP contribution in [0.15, 0.2) is 29.2 Å². The van der Waals surface area contributed by atoms with Crippen LogP contribution in [-0.4, -0.2) is 30.9 Å². The normalized spacial score (nSPS) is 13.9. The SMILES string of the molecule is CCN(CC)S(=O)(=O)c1cccc(C(C)O)c1. The first kappa shape index (κ1) is 14.2. The fraction of sp³-hybridized carbons (Fsp3) is 0.500. The molecular weight excluding hydrogens is 238 g/mol. The van der Waals surface area contributed by atoms with Crippen LogP contribution >= 0.6 is 0 Å². The molecule has 0 fully saturated rings. The van der Waals surface area contributed by atoms with E-state index in [1.165, 1.54) is 10.4 Å². The predicted molar refractivity (Wildman–Crippen MR) is 67.2 cm³/mol. The second kappa shape index (κ2) is 5.62. The molecule has 0 aliphatic carbocycles. The van der Waals surface area contributed by atoms with Gasteiger partial charge in [-0.25, -0.2) is 8.42 Å². The summed E-state index contributed by atoms with van der Waals surface area (Å²) < 4.78 is 25.8. The molecule has 0 aliphatic heterocycles. The van der Waals surface area contributed by atoms with Gasteiger partial charge in [-0.3, -0.25) is 0 Å². The Balaban J connectivity index is 3.19. The maximum Gasteiger partial charge on any atom is 0.243 e. The first-order valence-electron chi connectivity index (χ1n) is 5.71. The van der Waals surface area contributed by atoms with Gasteiger partial charge in [-0.15, -0.1) is 0 Å². The summed E-state index contributed by atoms with van der Waals surface area (Å²) in [5.74, 6) is 0. The summed E-state index contributed by atoms with van der Waals surface area (Å²) in [6.45, 7) is 6.11. The van der Waals surface area contributed by atoms with E-state index in [9.17, 15) is 13.5 Å². The summed E-state index contributed by atoms with van der Waals surface area (Å²) >= 11 is 0. The molecule has 0 aliphatic rings. The van der Waals surface area contributed by atoms with Crippen molar-refractivity contribution in [3.05, 3.63) is 29.8 Å². The zero-order valence-electron chi connectivity index (χ0n) is 10.4. The van der Waals surface area contributed by atoms with Gasteiger partial charge in [0.05, 0.1) is 11.0 Å². The van der Waals surface area contributed by atoms with E-state index in [1.54, 1.807) is 39.0 Å². The van der Waals surface area contributed by atoms with E-state index < -0.39 is 16.1 Å². The smallest absolute Gasteiger partial charge is 0.243 e. The largest absolute Gasteiger partial charge is 0.389 e. The van der Waals surface area contributed by atoms with Gasteiger partial charge in [0.1, 0.15) is 0 Å². The lowest BCUT2D eigenvalue weighted by molar-refractivity contribution is 0.199. The third kappa shape index (κ3) is 3.06. The van der Waals surface area contributed by atoms with Crippen molar-refractivity contribution in [2.45, 2.75) is 31.8 Å². The molecule has 17 heavy (non-hydrogen) atoms. The molecule has 0 radical (unpaired) electrons. The Labute approximate surface area is 103 Å². The van der Waals surface area contributed by atoms with Crippen molar-refractivity contribution in [1.82, 2.24) is 4.31 Å². The van der Waals surface area contributed by atoms with Crippen molar-refractivity contribution in [2.75, 3.05) is 13.1 Å². The molecule has 0 amide bonds. The highest BCUT2D eigenvalue weighted by Crippen LogP contribution is 2.20. The first-order valence-corrected chi connectivity index (χ1v) is 7.15. The molecule has 1 atom stereocenters. The number of benzene rings is 1. The van der Waals surface area contributed by atoms with E-state index in [-0.39, 0.29) is 4.90 Å². The van der Waals surface area contributed by atoms with E-state index in [1.807, 2.05) is 0 Å². The summed E-state index contributed by atoms with van der Waals surface area (Å²) in [5.41, 5.74) is 0.609. The number of aliphatic hydroxyl groups excluding tert-OH is 1. The van der Waals surface area contributed by atoms with E-state index in [4.69, 9.17) is 0 Å². The van der Waals surface area contributed by atoms with E-state index >= 15 is 0 Å². The Hall–Kier alpha value is -0.910. The van der Waals surface area contributed by atoms with Gasteiger partial charge in [-0.2, -0.15) is 4.31 Å². The molecule has 0 spiro atoms. The van der Waals surface area contributed by atoms with Gasteiger partial charge in [0, 0.05) is 13.1 Å². The van der Waals surface area contributed by atoms with Gasteiger partial charge in [-0.1, -0.05) is 26.0 Å². The number of aliphatic hydroxyl groups is 1. The van der Waals surface area contributed by atoms with E-state index in [0.717, 1.165) is 0 Å². The lowest BCUT2D eigenvalue weighted by atomic mass is 10.1. The van der Waals surface area contributed by atoms with Crippen LogP contribution < -0.4 is 0 Å². The van der Waals surface area contributed by atoms with Gasteiger partial charge in [-0.05, 0) is 24.6 Å². The summed E-state index contributed by atoms with van der Waals surface area (Å²) in [7, 11) is -3.43. The second-order valence-corrected chi connectivity index (χ2v) is 5.78. The van der Waals surface area contributed by atoms with Crippen LogP contribution in [0.1, 0.15) is 32.4 Å². The van der Waals surface area contributed by atoms with Crippen molar-refractivity contribution < 1.29 is 13.5 Å². The highest BCUT2D eigenvalue weighted by molar-refractivity contribution is 7.89. The standard InChI is InChI=1S/C12H19NO3S/c1-4-13(5-2)17(15,16)12-8-6-7-11(9-12)10(3)14/h6-10,14H,4-5H2,1-3H3.